The molecule has 2 N–H and O–H groups in total. The number of thioether (sulfide) groups is 1. The van der Waals surface area contributed by atoms with E-state index in [2.05, 4.69) is 26.1 Å². The summed E-state index contributed by atoms with van der Waals surface area (Å²) >= 11 is 1.60. The van der Waals surface area contributed by atoms with Crippen LogP contribution in [0.25, 0.3) is 0 Å². The molecule has 1 fully saturated rings. The Labute approximate surface area is 107 Å². The Morgan fingerprint density at radius 3 is 2.47 bits per heavy atom. The van der Waals surface area contributed by atoms with Crippen molar-refractivity contribution in [2.24, 2.45) is 5.92 Å². The molecule has 0 radical (unpaired) electrons. The summed E-state index contributed by atoms with van der Waals surface area (Å²) in [4.78, 5) is 22.4. The largest absolute Gasteiger partial charge is 0.481 e. The van der Waals surface area contributed by atoms with Crippen molar-refractivity contribution in [1.29, 1.82) is 0 Å². The first-order chi connectivity index (χ1) is 7.78. The Kier molecular flexibility index (Phi) is 4.86. The van der Waals surface area contributed by atoms with Crippen LogP contribution in [0.4, 0.5) is 0 Å². The number of hydrogen-bond acceptors (Lipinski definition) is 3. The number of carboxylic acid groups (broad SMARTS) is 1. The Balaban J connectivity index is 2.26. The minimum atomic E-state index is -0.745. The van der Waals surface area contributed by atoms with E-state index in [1.807, 2.05) is 0 Å². The Bertz CT molecular complexity index is 299. The fourth-order valence-electron chi connectivity index (χ4n) is 1.89. The summed E-state index contributed by atoms with van der Waals surface area (Å²) in [5.41, 5.74) is 0. The lowest BCUT2D eigenvalue weighted by molar-refractivity contribution is -0.141. The van der Waals surface area contributed by atoms with Crippen LogP contribution in [0, 0.1) is 5.92 Å². The van der Waals surface area contributed by atoms with Crippen molar-refractivity contribution in [1.82, 2.24) is 5.32 Å². The monoisotopic (exact) mass is 259 g/mol. The number of carbonyl (C=O) groups excluding carboxylic acids is 1. The molecule has 0 aliphatic heterocycles. The van der Waals surface area contributed by atoms with Crippen LogP contribution < -0.4 is 5.32 Å². The summed E-state index contributed by atoms with van der Waals surface area (Å²) in [6.07, 6.45) is 2.02. The summed E-state index contributed by atoms with van der Waals surface area (Å²) in [5, 5.41) is 11.8. The van der Waals surface area contributed by atoms with Crippen molar-refractivity contribution in [2.75, 3.05) is 5.75 Å². The average Bonchev–Trinajstić information content (AvgIpc) is 2.62. The second-order valence-electron chi connectivity index (χ2n) is 5.51. The van der Waals surface area contributed by atoms with E-state index < -0.39 is 5.97 Å². The molecule has 2 unspecified atom stereocenters. The van der Waals surface area contributed by atoms with E-state index in [4.69, 9.17) is 5.11 Å². The molecule has 0 heterocycles. The third kappa shape index (κ3) is 5.44. The number of rotatable bonds is 4. The molecule has 0 spiro atoms. The van der Waals surface area contributed by atoms with Crippen molar-refractivity contribution in [3.63, 3.8) is 0 Å². The molecular formula is C12H21NO3S. The van der Waals surface area contributed by atoms with Gasteiger partial charge >= 0.3 is 5.97 Å². The molecule has 1 saturated carbocycles. The van der Waals surface area contributed by atoms with Gasteiger partial charge < -0.3 is 10.4 Å². The molecule has 2 atom stereocenters. The fourth-order valence-corrected chi connectivity index (χ4v) is 2.54. The SMILES string of the molecule is CC(C)(C)SCC(=O)NC1CCC(C(=O)O)C1. The zero-order chi connectivity index (χ0) is 13.1. The van der Waals surface area contributed by atoms with Gasteiger partial charge in [0.15, 0.2) is 0 Å². The Morgan fingerprint density at radius 2 is 2.00 bits per heavy atom. The van der Waals surface area contributed by atoms with E-state index in [1.54, 1.807) is 11.8 Å². The van der Waals surface area contributed by atoms with Crippen LogP contribution in [0.1, 0.15) is 40.0 Å². The molecule has 0 aromatic heterocycles. The van der Waals surface area contributed by atoms with E-state index in [1.165, 1.54) is 0 Å². The Hall–Kier alpha value is -0.710. The molecule has 98 valence electrons. The van der Waals surface area contributed by atoms with Crippen LogP contribution in [0.2, 0.25) is 0 Å². The number of nitrogens with one attached hydrogen (secondary N) is 1. The van der Waals surface area contributed by atoms with Crippen LogP contribution in [0.5, 0.6) is 0 Å². The third-order valence-electron chi connectivity index (χ3n) is 2.78. The van der Waals surface area contributed by atoms with E-state index in [0.29, 0.717) is 18.6 Å². The predicted octanol–water partition coefficient (Wildman–Crippen LogP) is 1.89. The van der Waals surface area contributed by atoms with Gasteiger partial charge in [0.25, 0.3) is 0 Å². The van der Waals surface area contributed by atoms with Crippen LogP contribution in [-0.2, 0) is 9.59 Å². The molecule has 1 aliphatic carbocycles. The molecule has 1 amide bonds. The molecule has 5 heteroatoms. The first kappa shape index (κ1) is 14.4. The second-order valence-corrected chi connectivity index (χ2v) is 7.32. The van der Waals surface area contributed by atoms with E-state index in [-0.39, 0.29) is 22.6 Å². The summed E-state index contributed by atoms with van der Waals surface area (Å²) in [6.45, 7) is 6.21. The molecule has 4 nitrogen and oxygen atoms in total. The zero-order valence-corrected chi connectivity index (χ0v) is 11.5. The fraction of sp³-hybridized carbons (Fsp3) is 0.833. The predicted molar refractivity (Wildman–Crippen MR) is 69.1 cm³/mol. The maximum absolute atomic E-state index is 11.6. The van der Waals surface area contributed by atoms with Gasteiger partial charge in [0, 0.05) is 10.8 Å². The van der Waals surface area contributed by atoms with Crippen LogP contribution >= 0.6 is 11.8 Å². The van der Waals surface area contributed by atoms with Gasteiger partial charge in [-0.15, -0.1) is 11.8 Å². The lowest BCUT2D eigenvalue weighted by Gasteiger charge is -2.18. The smallest absolute Gasteiger partial charge is 0.306 e. The lowest BCUT2D eigenvalue weighted by atomic mass is 10.1. The van der Waals surface area contributed by atoms with Crippen molar-refractivity contribution < 1.29 is 14.7 Å². The number of amides is 1. The lowest BCUT2D eigenvalue weighted by Crippen LogP contribution is -2.35. The first-order valence-corrected chi connectivity index (χ1v) is 6.92. The van der Waals surface area contributed by atoms with E-state index in [9.17, 15) is 9.59 Å². The number of carbonyl (C=O) groups is 2. The minimum Gasteiger partial charge on any atom is -0.481 e. The summed E-state index contributed by atoms with van der Waals surface area (Å²) in [6, 6.07) is 0.0455. The average molecular weight is 259 g/mol. The maximum Gasteiger partial charge on any atom is 0.306 e. The van der Waals surface area contributed by atoms with Crippen molar-refractivity contribution in [3.05, 3.63) is 0 Å². The highest BCUT2D eigenvalue weighted by Gasteiger charge is 2.30. The number of hydrogen-bond donors (Lipinski definition) is 2. The summed E-state index contributed by atoms with van der Waals surface area (Å²) in [5.74, 6) is -0.570. The van der Waals surface area contributed by atoms with Gasteiger partial charge in [-0.1, -0.05) is 20.8 Å². The molecule has 17 heavy (non-hydrogen) atoms. The topological polar surface area (TPSA) is 66.4 Å². The van der Waals surface area contributed by atoms with Crippen LogP contribution in [-0.4, -0.2) is 33.5 Å². The van der Waals surface area contributed by atoms with Gasteiger partial charge in [-0.3, -0.25) is 9.59 Å². The minimum absolute atomic E-state index is 0.0148. The first-order valence-electron chi connectivity index (χ1n) is 5.94. The zero-order valence-electron chi connectivity index (χ0n) is 10.7. The third-order valence-corrected chi connectivity index (χ3v) is 4.06. The Morgan fingerprint density at radius 1 is 1.35 bits per heavy atom. The van der Waals surface area contributed by atoms with Gasteiger partial charge in [0.1, 0.15) is 0 Å². The van der Waals surface area contributed by atoms with Gasteiger partial charge in [0.2, 0.25) is 5.91 Å². The van der Waals surface area contributed by atoms with Gasteiger partial charge in [-0.25, -0.2) is 0 Å². The van der Waals surface area contributed by atoms with Gasteiger partial charge in [-0.2, -0.15) is 0 Å². The maximum atomic E-state index is 11.6. The normalized spacial score (nSPS) is 24.6. The van der Waals surface area contributed by atoms with Gasteiger partial charge in [0.05, 0.1) is 11.7 Å². The number of aliphatic carboxylic acids is 1. The molecule has 0 aromatic carbocycles. The highest BCUT2D eigenvalue weighted by molar-refractivity contribution is 8.01. The highest BCUT2D eigenvalue weighted by atomic mass is 32.2. The molecule has 1 rings (SSSR count). The molecular weight excluding hydrogens is 238 g/mol. The van der Waals surface area contributed by atoms with Crippen molar-refractivity contribution in [2.45, 2.75) is 50.8 Å². The van der Waals surface area contributed by atoms with Gasteiger partial charge in [-0.05, 0) is 19.3 Å². The molecule has 0 bridgehead atoms. The quantitative estimate of drug-likeness (QED) is 0.809. The number of carboxylic acids is 1. The highest BCUT2D eigenvalue weighted by Crippen LogP contribution is 2.26. The van der Waals surface area contributed by atoms with Crippen LogP contribution in [0.15, 0.2) is 0 Å². The summed E-state index contributed by atoms with van der Waals surface area (Å²) < 4.78 is 0.0800. The summed E-state index contributed by atoms with van der Waals surface area (Å²) in [7, 11) is 0. The molecule has 0 saturated heterocycles. The second kappa shape index (κ2) is 5.76. The van der Waals surface area contributed by atoms with Crippen LogP contribution in [0.3, 0.4) is 0 Å². The standard InChI is InChI=1S/C12H21NO3S/c1-12(2,3)17-7-10(14)13-9-5-4-8(6-9)11(15)16/h8-9H,4-7H2,1-3H3,(H,13,14)(H,15,16). The molecule has 0 aromatic rings. The van der Waals surface area contributed by atoms with Crippen molar-refractivity contribution in [3.8, 4) is 0 Å². The van der Waals surface area contributed by atoms with Crippen molar-refractivity contribution >= 4 is 23.6 Å². The van der Waals surface area contributed by atoms with E-state index in [0.717, 1.165) is 6.42 Å². The van der Waals surface area contributed by atoms with E-state index >= 15 is 0 Å². The molecule has 1 aliphatic rings.